The Labute approximate surface area is 138 Å². The first-order valence-electron chi connectivity index (χ1n) is 7.83. The number of hydrogen-bond acceptors (Lipinski definition) is 3. The van der Waals surface area contributed by atoms with Gasteiger partial charge in [-0.3, -0.25) is 0 Å². The molecule has 128 valence electrons. The molecule has 1 aliphatic heterocycles. The predicted molar refractivity (Wildman–Crippen MR) is 85.9 cm³/mol. The number of ether oxygens (including phenoxy) is 1. The normalized spacial score (nSPS) is 16.9. The van der Waals surface area contributed by atoms with E-state index in [1.54, 1.807) is 13.8 Å². The highest BCUT2D eigenvalue weighted by molar-refractivity contribution is 5.89. The monoisotopic (exact) mass is 332 g/mol. The van der Waals surface area contributed by atoms with Gasteiger partial charge in [-0.2, -0.15) is 0 Å². The van der Waals surface area contributed by atoms with Crippen LogP contribution < -0.4 is 0 Å². The van der Waals surface area contributed by atoms with E-state index < -0.39 is 11.9 Å². The first-order chi connectivity index (χ1) is 11.4. The fourth-order valence-corrected chi connectivity index (χ4v) is 3.57. The summed E-state index contributed by atoms with van der Waals surface area (Å²) < 4.78 is 5.67. The van der Waals surface area contributed by atoms with Crippen LogP contribution in [0.15, 0.2) is 0 Å². The minimum Gasteiger partial charge on any atom is -0.477 e. The molecule has 0 radical (unpaired) electrons. The van der Waals surface area contributed by atoms with E-state index >= 15 is 0 Å². The number of aromatic amines is 2. The Bertz CT molecular complexity index is 831. The molecule has 0 aliphatic carbocycles. The van der Waals surface area contributed by atoms with E-state index in [-0.39, 0.29) is 17.3 Å². The molecule has 24 heavy (non-hydrogen) atoms. The maximum Gasteiger partial charge on any atom is 0.352 e. The summed E-state index contributed by atoms with van der Waals surface area (Å²) in [6.45, 7) is 6.24. The lowest BCUT2D eigenvalue weighted by Gasteiger charge is -2.24. The molecule has 0 spiro atoms. The SMILES string of the molecule is CCc1c(C2COCc3c2[nH]c(C(=O)O)c3C)[nH]c(C(=O)O)c1C. The van der Waals surface area contributed by atoms with Gasteiger partial charge in [-0.1, -0.05) is 6.92 Å². The lowest BCUT2D eigenvalue weighted by molar-refractivity contribution is 0.0679. The van der Waals surface area contributed by atoms with Gasteiger partial charge in [-0.15, -0.1) is 0 Å². The van der Waals surface area contributed by atoms with E-state index in [9.17, 15) is 19.8 Å². The van der Waals surface area contributed by atoms with Crippen LogP contribution in [0.1, 0.15) is 67.5 Å². The number of fused-ring (bicyclic) bond motifs is 1. The number of rotatable bonds is 4. The van der Waals surface area contributed by atoms with Gasteiger partial charge < -0.3 is 24.9 Å². The van der Waals surface area contributed by atoms with Crippen molar-refractivity contribution in [3.63, 3.8) is 0 Å². The molecule has 0 saturated carbocycles. The summed E-state index contributed by atoms with van der Waals surface area (Å²) in [5.41, 5.74) is 5.09. The van der Waals surface area contributed by atoms with Crippen LogP contribution in [0.5, 0.6) is 0 Å². The Morgan fingerprint density at radius 1 is 1.08 bits per heavy atom. The van der Waals surface area contributed by atoms with E-state index in [2.05, 4.69) is 9.97 Å². The molecule has 0 fully saturated rings. The Morgan fingerprint density at radius 2 is 1.67 bits per heavy atom. The van der Waals surface area contributed by atoms with Gasteiger partial charge in [0.25, 0.3) is 0 Å². The van der Waals surface area contributed by atoms with Crippen LogP contribution >= 0.6 is 0 Å². The van der Waals surface area contributed by atoms with Gasteiger partial charge in [0.2, 0.25) is 0 Å². The van der Waals surface area contributed by atoms with Crippen molar-refractivity contribution in [2.75, 3.05) is 6.61 Å². The molecule has 0 bridgehead atoms. The van der Waals surface area contributed by atoms with Gasteiger partial charge in [0.05, 0.1) is 19.1 Å². The summed E-state index contributed by atoms with van der Waals surface area (Å²) in [4.78, 5) is 28.9. The van der Waals surface area contributed by atoms with Gasteiger partial charge in [0.15, 0.2) is 0 Å². The summed E-state index contributed by atoms with van der Waals surface area (Å²) in [6, 6.07) is 0. The zero-order valence-electron chi connectivity index (χ0n) is 13.8. The Morgan fingerprint density at radius 3 is 2.25 bits per heavy atom. The highest BCUT2D eigenvalue weighted by Gasteiger charge is 2.32. The topological polar surface area (TPSA) is 115 Å². The Balaban J connectivity index is 2.17. The molecule has 3 heterocycles. The predicted octanol–water partition coefficient (Wildman–Crippen LogP) is 2.58. The highest BCUT2D eigenvalue weighted by atomic mass is 16.5. The molecule has 1 aliphatic rings. The molecule has 7 heteroatoms. The number of carbonyl (C=O) groups is 2. The maximum absolute atomic E-state index is 11.4. The fourth-order valence-electron chi connectivity index (χ4n) is 3.57. The summed E-state index contributed by atoms with van der Waals surface area (Å²) in [5.74, 6) is -2.24. The van der Waals surface area contributed by atoms with Gasteiger partial charge in [-0.05, 0) is 37.0 Å². The lowest BCUT2D eigenvalue weighted by atomic mass is 9.91. The van der Waals surface area contributed by atoms with E-state index in [0.717, 1.165) is 22.5 Å². The van der Waals surface area contributed by atoms with Gasteiger partial charge in [0, 0.05) is 17.0 Å². The standard InChI is InChI=1S/C17H20N2O5/c1-4-9-7(2)12(16(20)21)18-14(9)11-6-24-5-10-8(3)13(17(22)23)19-15(10)11/h11,18-19H,4-6H2,1-3H3,(H,20,21)(H,22,23). The van der Waals surface area contributed by atoms with Crippen molar-refractivity contribution in [3.8, 4) is 0 Å². The maximum atomic E-state index is 11.4. The number of aromatic nitrogens is 2. The van der Waals surface area contributed by atoms with E-state index in [4.69, 9.17) is 4.74 Å². The molecule has 7 nitrogen and oxygen atoms in total. The lowest BCUT2D eigenvalue weighted by Crippen LogP contribution is -2.19. The second kappa shape index (κ2) is 5.83. The molecule has 0 saturated heterocycles. The molecule has 3 rings (SSSR count). The minimum atomic E-state index is -1.01. The van der Waals surface area contributed by atoms with E-state index in [0.29, 0.717) is 30.8 Å². The van der Waals surface area contributed by atoms with Gasteiger partial charge >= 0.3 is 11.9 Å². The number of carboxylic acids is 2. The third-order valence-electron chi connectivity index (χ3n) is 4.83. The molecule has 2 aromatic rings. The van der Waals surface area contributed by atoms with Crippen molar-refractivity contribution < 1.29 is 24.5 Å². The molecular weight excluding hydrogens is 312 g/mol. The molecular formula is C17H20N2O5. The van der Waals surface area contributed by atoms with E-state index in [1.807, 2.05) is 6.92 Å². The summed E-state index contributed by atoms with van der Waals surface area (Å²) >= 11 is 0. The molecule has 0 amide bonds. The summed E-state index contributed by atoms with van der Waals surface area (Å²) in [5, 5.41) is 18.7. The Hall–Kier alpha value is -2.54. The number of aromatic carboxylic acids is 2. The highest BCUT2D eigenvalue weighted by Crippen LogP contribution is 2.37. The van der Waals surface area contributed by atoms with Crippen LogP contribution in [-0.2, 0) is 17.8 Å². The van der Waals surface area contributed by atoms with Gasteiger partial charge in [-0.25, -0.2) is 9.59 Å². The average Bonchev–Trinajstić information content (AvgIpc) is 3.05. The second-order valence-electron chi connectivity index (χ2n) is 6.07. The van der Waals surface area contributed by atoms with Crippen LogP contribution in [0.2, 0.25) is 0 Å². The summed E-state index contributed by atoms with van der Waals surface area (Å²) in [7, 11) is 0. The van der Waals surface area contributed by atoms with Crippen LogP contribution in [0.25, 0.3) is 0 Å². The van der Waals surface area contributed by atoms with Crippen molar-refractivity contribution in [2.24, 2.45) is 0 Å². The molecule has 2 aromatic heterocycles. The fraction of sp³-hybridized carbons (Fsp3) is 0.412. The first kappa shape index (κ1) is 16.3. The largest absolute Gasteiger partial charge is 0.477 e. The second-order valence-corrected chi connectivity index (χ2v) is 6.07. The Kier molecular flexibility index (Phi) is 3.96. The number of nitrogens with one attached hydrogen (secondary N) is 2. The van der Waals surface area contributed by atoms with Crippen molar-refractivity contribution in [2.45, 2.75) is 39.7 Å². The van der Waals surface area contributed by atoms with E-state index in [1.165, 1.54) is 0 Å². The van der Waals surface area contributed by atoms with Crippen molar-refractivity contribution in [3.05, 3.63) is 45.0 Å². The van der Waals surface area contributed by atoms with Crippen LogP contribution in [-0.4, -0.2) is 38.7 Å². The van der Waals surface area contributed by atoms with Crippen molar-refractivity contribution in [1.29, 1.82) is 0 Å². The summed E-state index contributed by atoms with van der Waals surface area (Å²) in [6.07, 6.45) is 0.683. The van der Waals surface area contributed by atoms with Crippen LogP contribution in [0.3, 0.4) is 0 Å². The van der Waals surface area contributed by atoms with Gasteiger partial charge in [0.1, 0.15) is 11.4 Å². The third kappa shape index (κ3) is 2.32. The smallest absolute Gasteiger partial charge is 0.352 e. The minimum absolute atomic E-state index is 0.162. The molecule has 1 unspecified atom stereocenters. The number of H-pyrrole nitrogens is 2. The molecule has 1 atom stereocenters. The van der Waals surface area contributed by atoms with Crippen molar-refractivity contribution >= 4 is 11.9 Å². The van der Waals surface area contributed by atoms with Crippen molar-refractivity contribution in [1.82, 2.24) is 9.97 Å². The average molecular weight is 332 g/mol. The first-order valence-corrected chi connectivity index (χ1v) is 7.83. The quantitative estimate of drug-likeness (QED) is 0.687. The molecule has 0 aromatic carbocycles. The zero-order chi connectivity index (χ0) is 17.6. The third-order valence-corrected chi connectivity index (χ3v) is 4.83. The van der Waals surface area contributed by atoms with Crippen LogP contribution in [0.4, 0.5) is 0 Å². The number of carboxylic acid groups (broad SMARTS) is 2. The zero-order valence-corrected chi connectivity index (χ0v) is 13.8. The van der Waals surface area contributed by atoms with Crippen LogP contribution in [0, 0.1) is 13.8 Å². The number of hydrogen-bond donors (Lipinski definition) is 4. The molecule has 4 N–H and O–H groups in total.